The van der Waals surface area contributed by atoms with Crippen molar-refractivity contribution in [2.24, 2.45) is 11.7 Å². The van der Waals surface area contributed by atoms with Crippen molar-refractivity contribution in [1.29, 1.82) is 0 Å². The molecule has 1 saturated carbocycles. The predicted molar refractivity (Wildman–Crippen MR) is 80.1 cm³/mol. The molecule has 1 aliphatic carbocycles. The monoisotopic (exact) mass is 261 g/mol. The van der Waals surface area contributed by atoms with E-state index in [2.05, 4.69) is 38.1 Å². The smallest absolute Gasteiger partial charge is 0.0580 e. The first-order valence-electron chi connectivity index (χ1n) is 7.69. The summed E-state index contributed by atoms with van der Waals surface area (Å²) in [6, 6.07) is 8.98. The van der Waals surface area contributed by atoms with E-state index >= 15 is 0 Å². The lowest BCUT2D eigenvalue weighted by Gasteiger charge is -2.36. The van der Waals surface area contributed by atoms with Gasteiger partial charge in [-0.1, -0.05) is 37.6 Å². The highest BCUT2D eigenvalue weighted by atomic mass is 16.5. The first-order valence-corrected chi connectivity index (χ1v) is 7.69. The number of hydrogen-bond donors (Lipinski definition) is 1. The zero-order chi connectivity index (χ0) is 13.7. The molecule has 1 fully saturated rings. The second-order valence-corrected chi connectivity index (χ2v) is 5.75. The molecule has 0 bridgehead atoms. The predicted octanol–water partition coefficient (Wildman–Crippen LogP) is 3.84. The molecule has 0 spiro atoms. The Balaban J connectivity index is 1.83. The molecule has 0 aromatic heterocycles. The summed E-state index contributed by atoms with van der Waals surface area (Å²) in [6.45, 7) is 5.12. The van der Waals surface area contributed by atoms with Crippen LogP contribution in [0.4, 0.5) is 0 Å². The molecule has 106 valence electrons. The fraction of sp³-hybridized carbons (Fsp3) is 0.647. The summed E-state index contributed by atoms with van der Waals surface area (Å²) in [7, 11) is 0. The Labute approximate surface area is 117 Å². The molecule has 1 unspecified atom stereocenters. The van der Waals surface area contributed by atoms with E-state index in [1.807, 2.05) is 0 Å². The molecule has 1 aromatic carbocycles. The third-order valence-electron chi connectivity index (χ3n) is 4.10. The second-order valence-electron chi connectivity index (χ2n) is 5.75. The number of aryl methyl sites for hydroxylation is 1. The molecule has 0 saturated heterocycles. The van der Waals surface area contributed by atoms with E-state index in [9.17, 15) is 0 Å². The van der Waals surface area contributed by atoms with Gasteiger partial charge in [-0.2, -0.15) is 0 Å². The molecule has 2 N–H and O–H groups in total. The highest BCUT2D eigenvalue weighted by molar-refractivity contribution is 5.26. The summed E-state index contributed by atoms with van der Waals surface area (Å²) in [5, 5.41) is 0. The number of ether oxygens (including phenoxy) is 1. The quantitative estimate of drug-likeness (QED) is 0.809. The van der Waals surface area contributed by atoms with Gasteiger partial charge in [0.15, 0.2) is 0 Å². The maximum atomic E-state index is 6.35. The Morgan fingerprint density at radius 3 is 2.79 bits per heavy atom. The topological polar surface area (TPSA) is 35.2 Å². The van der Waals surface area contributed by atoms with Crippen molar-refractivity contribution in [2.75, 3.05) is 6.61 Å². The van der Waals surface area contributed by atoms with Crippen LogP contribution in [-0.2, 0) is 11.2 Å². The van der Waals surface area contributed by atoms with Crippen LogP contribution in [0.5, 0.6) is 0 Å². The van der Waals surface area contributed by atoms with Crippen molar-refractivity contribution < 1.29 is 4.74 Å². The second kappa shape index (κ2) is 7.06. The molecule has 1 atom stereocenters. The zero-order valence-corrected chi connectivity index (χ0v) is 12.3. The van der Waals surface area contributed by atoms with Gasteiger partial charge in [-0.3, -0.25) is 0 Å². The maximum absolute atomic E-state index is 6.35. The van der Waals surface area contributed by atoms with Gasteiger partial charge in [0.1, 0.15) is 0 Å². The van der Waals surface area contributed by atoms with Gasteiger partial charge < -0.3 is 10.5 Å². The molecule has 2 nitrogen and oxygen atoms in total. The number of nitrogens with two attached hydrogens (primary N) is 1. The summed E-state index contributed by atoms with van der Waals surface area (Å²) in [4.78, 5) is 0. The van der Waals surface area contributed by atoms with Crippen LogP contribution in [0.3, 0.4) is 0 Å². The van der Waals surface area contributed by atoms with Gasteiger partial charge in [0.25, 0.3) is 0 Å². The first kappa shape index (κ1) is 14.5. The molecule has 1 aromatic rings. The van der Waals surface area contributed by atoms with Crippen molar-refractivity contribution in [3.63, 3.8) is 0 Å². The molecule has 2 rings (SSSR count). The molecular weight excluding hydrogens is 234 g/mol. The Kier molecular flexibility index (Phi) is 5.41. The average molecular weight is 261 g/mol. The van der Waals surface area contributed by atoms with Crippen LogP contribution in [0.1, 0.15) is 56.7 Å². The lowest BCUT2D eigenvalue weighted by Crippen LogP contribution is -2.33. The van der Waals surface area contributed by atoms with Crippen LogP contribution in [0, 0.1) is 5.92 Å². The van der Waals surface area contributed by atoms with E-state index < -0.39 is 0 Å². The van der Waals surface area contributed by atoms with Gasteiger partial charge >= 0.3 is 0 Å². The molecule has 2 heteroatoms. The fourth-order valence-electron chi connectivity index (χ4n) is 3.00. The average Bonchev–Trinajstić information content (AvgIpc) is 2.37. The van der Waals surface area contributed by atoms with Crippen molar-refractivity contribution >= 4 is 0 Å². The standard InChI is InChI=1S/C17H27NO/c1-3-6-13-7-5-8-15(9-13)17(18)12-14-10-16(11-14)19-4-2/h5,7-9,14,16-17H,3-4,6,10-12,18H2,1-2H3. The van der Waals surface area contributed by atoms with E-state index in [0.717, 1.165) is 25.4 Å². The van der Waals surface area contributed by atoms with Crippen LogP contribution < -0.4 is 5.73 Å². The fourth-order valence-corrected chi connectivity index (χ4v) is 3.00. The summed E-state index contributed by atoms with van der Waals surface area (Å²) in [5.74, 6) is 0.751. The van der Waals surface area contributed by atoms with Crippen molar-refractivity contribution in [2.45, 2.75) is 58.1 Å². The molecule has 0 aliphatic heterocycles. The first-order chi connectivity index (χ1) is 9.22. The van der Waals surface area contributed by atoms with Gasteiger partial charge in [-0.05, 0) is 49.7 Å². The Hall–Kier alpha value is -0.860. The van der Waals surface area contributed by atoms with Gasteiger partial charge in [0.05, 0.1) is 6.10 Å². The van der Waals surface area contributed by atoms with E-state index in [0.29, 0.717) is 6.10 Å². The highest BCUT2D eigenvalue weighted by Crippen LogP contribution is 2.36. The Bertz CT molecular complexity index is 385. The molecule has 19 heavy (non-hydrogen) atoms. The summed E-state index contributed by atoms with van der Waals surface area (Å²) < 4.78 is 5.61. The van der Waals surface area contributed by atoms with E-state index in [1.54, 1.807) is 0 Å². The van der Waals surface area contributed by atoms with Crippen LogP contribution >= 0.6 is 0 Å². The van der Waals surface area contributed by atoms with E-state index in [1.165, 1.54) is 30.4 Å². The Morgan fingerprint density at radius 2 is 2.11 bits per heavy atom. The molecule has 1 aliphatic rings. The largest absolute Gasteiger partial charge is 0.378 e. The highest BCUT2D eigenvalue weighted by Gasteiger charge is 2.30. The van der Waals surface area contributed by atoms with E-state index in [-0.39, 0.29) is 6.04 Å². The number of hydrogen-bond acceptors (Lipinski definition) is 2. The number of benzene rings is 1. The normalized spacial score (nSPS) is 23.9. The third-order valence-corrected chi connectivity index (χ3v) is 4.10. The van der Waals surface area contributed by atoms with Gasteiger partial charge in [-0.25, -0.2) is 0 Å². The maximum Gasteiger partial charge on any atom is 0.0580 e. The minimum atomic E-state index is 0.185. The molecular formula is C17H27NO. The summed E-state index contributed by atoms with van der Waals surface area (Å²) >= 11 is 0. The summed E-state index contributed by atoms with van der Waals surface area (Å²) in [6.07, 6.45) is 6.31. The lowest BCUT2D eigenvalue weighted by molar-refractivity contribution is -0.0282. The lowest BCUT2D eigenvalue weighted by atomic mass is 9.77. The third kappa shape index (κ3) is 4.05. The van der Waals surface area contributed by atoms with Gasteiger partial charge in [0, 0.05) is 12.6 Å². The zero-order valence-electron chi connectivity index (χ0n) is 12.3. The van der Waals surface area contributed by atoms with Crippen LogP contribution in [-0.4, -0.2) is 12.7 Å². The van der Waals surface area contributed by atoms with Crippen LogP contribution in [0.15, 0.2) is 24.3 Å². The van der Waals surface area contributed by atoms with Gasteiger partial charge in [0.2, 0.25) is 0 Å². The molecule has 0 radical (unpaired) electrons. The van der Waals surface area contributed by atoms with E-state index in [4.69, 9.17) is 10.5 Å². The van der Waals surface area contributed by atoms with Crippen LogP contribution in [0.2, 0.25) is 0 Å². The summed E-state index contributed by atoms with van der Waals surface area (Å²) in [5.41, 5.74) is 9.06. The SMILES string of the molecule is CCCc1cccc(C(N)CC2CC(OCC)C2)c1. The van der Waals surface area contributed by atoms with Crippen molar-refractivity contribution in [1.82, 2.24) is 0 Å². The molecule has 0 amide bonds. The molecule has 0 heterocycles. The van der Waals surface area contributed by atoms with Gasteiger partial charge in [-0.15, -0.1) is 0 Å². The van der Waals surface area contributed by atoms with Crippen molar-refractivity contribution in [3.05, 3.63) is 35.4 Å². The minimum Gasteiger partial charge on any atom is -0.378 e. The minimum absolute atomic E-state index is 0.185. The van der Waals surface area contributed by atoms with Crippen LogP contribution in [0.25, 0.3) is 0 Å². The number of rotatable bonds is 7. The Morgan fingerprint density at radius 1 is 1.32 bits per heavy atom. The van der Waals surface area contributed by atoms with Crippen molar-refractivity contribution in [3.8, 4) is 0 Å².